The van der Waals surface area contributed by atoms with Crippen LogP contribution in [0.3, 0.4) is 0 Å². The van der Waals surface area contributed by atoms with Gasteiger partial charge in [-0.2, -0.15) is 0 Å². The molecule has 28 heavy (non-hydrogen) atoms. The summed E-state index contributed by atoms with van der Waals surface area (Å²) in [5, 5.41) is 0. The summed E-state index contributed by atoms with van der Waals surface area (Å²) in [6.45, 7) is 5.92. The molecule has 0 aliphatic carbocycles. The van der Waals surface area contributed by atoms with E-state index < -0.39 is 0 Å². The fourth-order valence-corrected chi connectivity index (χ4v) is 4.44. The summed E-state index contributed by atoms with van der Waals surface area (Å²) in [6, 6.07) is 10.6. The molecule has 0 spiro atoms. The molecule has 0 saturated carbocycles. The Morgan fingerprint density at radius 1 is 1.04 bits per heavy atom. The molecule has 2 aromatic rings. The standard InChI is InChI=1S/C23H30N4O/c1-18-6-5-11-27(17-18)23-24-15-21(16-25-23)22(28)26-12-9-20(10-13-26)14-19-7-3-2-4-8-19/h2-4,7-8,15-16,18,20H,5-6,9-14,17H2,1H3. The van der Waals surface area contributed by atoms with Crippen molar-refractivity contribution in [3.63, 3.8) is 0 Å². The van der Waals surface area contributed by atoms with E-state index >= 15 is 0 Å². The Kier molecular flexibility index (Phi) is 5.89. The number of likely N-dealkylation sites (tertiary alicyclic amines) is 1. The molecule has 1 unspecified atom stereocenters. The van der Waals surface area contributed by atoms with Crippen LogP contribution in [0.5, 0.6) is 0 Å². The topological polar surface area (TPSA) is 49.3 Å². The van der Waals surface area contributed by atoms with Gasteiger partial charge in [0.15, 0.2) is 0 Å². The van der Waals surface area contributed by atoms with E-state index in [-0.39, 0.29) is 5.91 Å². The van der Waals surface area contributed by atoms with Gasteiger partial charge in [-0.3, -0.25) is 4.79 Å². The van der Waals surface area contributed by atoms with Crippen molar-refractivity contribution in [1.29, 1.82) is 0 Å². The zero-order valence-corrected chi connectivity index (χ0v) is 16.8. The highest BCUT2D eigenvalue weighted by atomic mass is 16.2. The van der Waals surface area contributed by atoms with Crippen molar-refractivity contribution in [1.82, 2.24) is 14.9 Å². The number of hydrogen-bond donors (Lipinski definition) is 0. The van der Waals surface area contributed by atoms with E-state index in [0.717, 1.165) is 51.4 Å². The SMILES string of the molecule is CC1CCCN(c2ncc(C(=O)N3CCC(Cc4ccccc4)CC3)cn2)C1. The fourth-order valence-electron chi connectivity index (χ4n) is 4.44. The van der Waals surface area contributed by atoms with E-state index in [1.807, 2.05) is 4.90 Å². The molecule has 0 radical (unpaired) electrons. The summed E-state index contributed by atoms with van der Waals surface area (Å²) in [5.41, 5.74) is 2.00. The normalized spacial score (nSPS) is 21.0. The number of nitrogens with zero attached hydrogens (tertiary/aromatic N) is 4. The predicted molar refractivity (Wildman–Crippen MR) is 111 cm³/mol. The van der Waals surface area contributed by atoms with Crippen LogP contribution < -0.4 is 4.90 Å². The average molecular weight is 379 g/mol. The van der Waals surface area contributed by atoms with Crippen molar-refractivity contribution in [2.24, 2.45) is 11.8 Å². The second-order valence-electron chi connectivity index (χ2n) is 8.39. The Bertz CT molecular complexity index is 769. The zero-order valence-electron chi connectivity index (χ0n) is 16.8. The number of aromatic nitrogens is 2. The minimum Gasteiger partial charge on any atom is -0.341 e. The van der Waals surface area contributed by atoms with Crippen LogP contribution in [0.4, 0.5) is 5.95 Å². The highest BCUT2D eigenvalue weighted by molar-refractivity contribution is 5.93. The lowest BCUT2D eigenvalue weighted by atomic mass is 9.90. The van der Waals surface area contributed by atoms with Crippen LogP contribution in [0.15, 0.2) is 42.7 Å². The molecule has 2 fully saturated rings. The van der Waals surface area contributed by atoms with Gasteiger partial charge in [-0.15, -0.1) is 0 Å². The smallest absolute Gasteiger partial charge is 0.256 e. The van der Waals surface area contributed by atoms with Gasteiger partial charge in [0.05, 0.1) is 5.56 Å². The fraction of sp³-hybridized carbons (Fsp3) is 0.522. The maximum Gasteiger partial charge on any atom is 0.256 e. The van der Waals surface area contributed by atoms with Crippen molar-refractivity contribution in [2.45, 2.75) is 39.0 Å². The maximum atomic E-state index is 12.8. The minimum absolute atomic E-state index is 0.0664. The largest absolute Gasteiger partial charge is 0.341 e. The lowest BCUT2D eigenvalue weighted by Gasteiger charge is -2.32. The molecule has 4 rings (SSSR count). The zero-order chi connectivity index (χ0) is 19.3. The lowest BCUT2D eigenvalue weighted by molar-refractivity contribution is 0.0689. The summed E-state index contributed by atoms with van der Waals surface area (Å²) in [6.07, 6.45) is 9.10. The molecule has 5 nitrogen and oxygen atoms in total. The monoisotopic (exact) mass is 378 g/mol. The van der Waals surface area contributed by atoms with Gasteiger partial charge in [-0.25, -0.2) is 9.97 Å². The molecular formula is C23H30N4O. The molecular weight excluding hydrogens is 348 g/mol. The third-order valence-electron chi connectivity index (χ3n) is 6.09. The maximum absolute atomic E-state index is 12.8. The van der Waals surface area contributed by atoms with Crippen LogP contribution in [0, 0.1) is 11.8 Å². The number of carbonyl (C=O) groups is 1. The van der Waals surface area contributed by atoms with E-state index in [9.17, 15) is 4.79 Å². The first-order valence-electron chi connectivity index (χ1n) is 10.6. The van der Waals surface area contributed by atoms with Gasteiger partial charge in [-0.1, -0.05) is 37.3 Å². The van der Waals surface area contributed by atoms with E-state index in [4.69, 9.17) is 0 Å². The highest BCUT2D eigenvalue weighted by Gasteiger charge is 2.25. The summed E-state index contributed by atoms with van der Waals surface area (Å²) in [7, 11) is 0. The first kappa shape index (κ1) is 18.9. The Balaban J connectivity index is 1.31. The first-order chi connectivity index (χ1) is 13.7. The van der Waals surface area contributed by atoms with E-state index in [2.05, 4.69) is 52.1 Å². The second-order valence-corrected chi connectivity index (χ2v) is 8.39. The van der Waals surface area contributed by atoms with Gasteiger partial charge in [0.2, 0.25) is 5.95 Å². The molecule has 2 saturated heterocycles. The Labute approximate surface area is 167 Å². The van der Waals surface area contributed by atoms with Gasteiger partial charge in [-0.05, 0) is 49.5 Å². The van der Waals surface area contributed by atoms with Gasteiger partial charge < -0.3 is 9.80 Å². The summed E-state index contributed by atoms with van der Waals surface area (Å²) in [4.78, 5) is 26.0. The molecule has 1 atom stereocenters. The number of rotatable bonds is 4. The highest BCUT2D eigenvalue weighted by Crippen LogP contribution is 2.23. The molecule has 1 aromatic heterocycles. The van der Waals surface area contributed by atoms with E-state index in [1.165, 1.54) is 18.4 Å². The minimum atomic E-state index is 0.0664. The summed E-state index contributed by atoms with van der Waals surface area (Å²) >= 11 is 0. The Morgan fingerprint density at radius 2 is 1.75 bits per heavy atom. The third kappa shape index (κ3) is 4.51. The van der Waals surface area contributed by atoms with Gasteiger partial charge in [0.25, 0.3) is 5.91 Å². The van der Waals surface area contributed by atoms with Crippen molar-refractivity contribution in [2.75, 3.05) is 31.1 Å². The molecule has 0 N–H and O–H groups in total. The van der Waals surface area contributed by atoms with Gasteiger partial charge in [0.1, 0.15) is 0 Å². The summed E-state index contributed by atoms with van der Waals surface area (Å²) < 4.78 is 0. The number of amides is 1. The van der Waals surface area contributed by atoms with Crippen LogP contribution in [0.25, 0.3) is 0 Å². The van der Waals surface area contributed by atoms with E-state index in [1.54, 1.807) is 12.4 Å². The van der Waals surface area contributed by atoms with Crippen molar-refractivity contribution in [3.8, 4) is 0 Å². The third-order valence-corrected chi connectivity index (χ3v) is 6.09. The van der Waals surface area contributed by atoms with Gasteiger partial charge >= 0.3 is 0 Å². The number of benzene rings is 1. The second kappa shape index (κ2) is 8.72. The van der Waals surface area contributed by atoms with Crippen molar-refractivity contribution in [3.05, 3.63) is 53.9 Å². The summed E-state index contributed by atoms with van der Waals surface area (Å²) in [5.74, 6) is 2.16. The average Bonchev–Trinajstić information content (AvgIpc) is 2.75. The van der Waals surface area contributed by atoms with Crippen LogP contribution in [-0.4, -0.2) is 47.0 Å². The molecule has 2 aliphatic heterocycles. The van der Waals surface area contributed by atoms with Crippen LogP contribution in [-0.2, 0) is 6.42 Å². The Morgan fingerprint density at radius 3 is 2.43 bits per heavy atom. The van der Waals surface area contributed by atoms with Crippen LogP contribution in [0.1, 0.15) is 48.5 Å². The molecule has 1 aromatic carbocycles. The molecule has 2 aliphatic rings. The quantitative estimate of drug-likeness (QED) is 0.812. The molecule has 148 valence electrons. The van der Waals surface area contributed by atoms with E-state index in [0.29, 0.717) is 17.4 Å². The van der Waals surface area contributed by atoms with Gasteiger partial charge in [0, 0.05) is 38.6 Å². The number of hydrogen-bond acceptors (Lipinski definition) is 4. The predicted octanol–water partition coefficient (Wildman–Crippen LogP) is 3.81. The van der Waals surface area contributed by atoms with Crippen LogP contribution >= 0.6 is 0 Å². The number of carbonyl (C=O) groups excluding carboxylic acids is 1. The Hall–Kier alpha value is -2.43. The van der Waals surface area contributed by atoms with Crippen molar-refractivity contribution >= 4 is 11.9 Å². The first-order valence-corrected chi connectivity index (χ1v) is 10.6. The molecule has 0 bridgehead atoms. The molecule has 5 heteroatoms. The van der Waals surface area contributed by atoms with Crippen LogP contribution in [0.2, 0.25) is 0 Å². The molecule has 1 amide bonds. The molecule has 3 heterocycles. The lowest BCUT2D eigenvalue weighted by Crippen LogP contribution is -2.39. The van der Waals surface area contributed by atoms with Crippen molar-refractivity contribution < 1.29 is 4.79 Å². The number of anilines is 1. The number of piperidine rings is 2.